The van der Waals surface area contributed by atoms with Crippen molar-refractivity contribution < 1.29 is 4.79 Å². The molecular weight excluding hydrogens is 356 g/mol. The first-order valence-electron chi connectivity index (χ1n) is 11.2. The van der Waals surface area contributed by atoms with Gasteiger partial charge in [-0.05, 0) is 60.8 Å². The van der Waals surface area contributed by atoms with E-state index >= 15 is 0 Å². The van der Waals surface area contributed by atoms with Gasteiger partial charge in [0, 0.05) is 11.8 Å². The summed E-state index contributed by atoms with van der Waals surface area (Å²) in [7, 11) is 0. The smallest absolute Gasteiger partial charge is 0.252 e. The van der Waals surface area contributed by atoms with Gasteiger partial charge in [-0.2, -0.15) is 0 Å². The molecule has 1 aliphatic carbocycles. The van der Waals surface area contributed by atoms with E-state index < -0.39 is 0 Å². The highest BCUT2D eigenvalue weighted by molar-refractivity contribution is 5.96. The summed E-state index contributed by atoms with van der Waals surface area (Å²) in [6.45, 7) is 13.2. The molecule has 158 valence electrons. The van der Waals surface area contributed by atoms with Gasteiger partial charge in [-0.1, -0.05) is 72.2 Å². The van der Waals surface area contributed by atoms with Gasteiger partial charge in [0.05, 0.1) is 11.2 Å². The quantitative estimate of drug-likeness (QED) is 0.553. The number of pyridine rings is 1. The number of rotatable bonds is 8. The SMILES string of the molecule is CC.CCCC(C)(C)C(C)Cc1ccccc1C(=O)NC1(c2ccccn2)CC1. The normalized spacial score (nSPS) is 15.7. The predicted octanol–water partition coefficient (Wildman–Crippen LogP) is 6.53. The molecule has 1 unspecified atom stereocenters. The maximum atomic E-state index is 13.1. The molecular formula is C26H38N2O. The first-order valence-corrected chi connectivity index (χ1v) is 11.2. The van der Waals surface area contributed by atoms with Crippen molar-refractivity contribution in [2.24, 2.45) is 11.3 Å². The maximum absolute atomic E-state index is 13.1. The van der Waals surface area contributed by atoms with Crippen LogP contribution in [0.15, 0.2) is 48.7 Å². The average molecular weight is 395 g/mol. The van der Waals surface area contributed by atoms with Crippen LogP contribution in [-0.4, -0.2) is 10.9 Å². The topological polar surface area (TPSA) is 42.0 Å². The van der Waals surface area contributed by atoms with E-state index in [0.717, 1.165) is 36.1 Å². The Kier molecular flexibility index (Phi) is 8.01. The van der Waals surface area contributed by atoms with Gasteiger partial charge in [-0.25, -0.2) is 0 Å². The zero-order valence-electron chi connectivity index (χ0n) is 19.1. The summed E-state index contributed by atoms with van der Waals surface area (Å²) in [6.07, 6.45) is 7.02. The van der Waals surface area contributed by atoms with Gasteiger partial charge in [0.15, 0.2) is 0 Å². The van der Waals surface area contributed by atoms with Crippen LogP contribution in [0.3, 0.4) is 0 Å². The lowest BCUT2D eigenvalue weighted by Crippen LogP contribution is -2.36. The molecule has 0 aliphatic heterocycles. The molecule has 0 spiro atoms. The molecule has 0 radical (unpaired) electrons. The van der Waals surface area contributed by atoms with E-state index in [9.17, 15) is 4.79 Å². The Morgan fingerprint density at radius 1 is 1.14 bits per heavy atom. The summed E-state index contributed by atoms with van der Waals surface area (Å²) in [5.74, 6) is 0.534. The van der Waals surface area contributed by atoms with Crippen molar-refractivity contribution in [1.82, 2.24) is 10.3 Å². The number of nitrogens with one attached hydrogen (secondary N) is 1. The fourth-order valence-corrected chi connectivity index (χ4v) is 3.92. The van der Waals surface area contributed by atoms with E-state index in [1.54, 1.807) is 6.20 Å². The van der Waals surface area contributed by atoms with Gasteiger partial charge in [0.25, 0.3) is 5.91 Å². The molecule has 2 aromatic rings. The number of hydrogen-bond donors (Lipinski definition) is 1. The van der Waals surface area contributed by atoms with Crippen LogP contribution in [0.1, 0.15) is 88.8 Å². The molecule has 3 rings (SSSR count). The number of carbonyl (C=O) groups is 1. The number of carbonyl (C=O) groups excluding carboxylic acids is 1. The predicted molar refractivity (Wildman–Crippen MR) is 122 cm³/mol. The highest BCUT2D eigenvalue weighted by Gasteiger charge is 2.47. The van der Waals surface area contributed by atoms with Crippen LogP contribution in [0.2, 0.25) is 0 Å². The van der Waals surface area contributed by atoms with E-state index in [1.165, 1.54) is 12.8 Å². The molecule has 0 saturated heterocycles. The van der Waals surface area contributed by atoms with Gasteiger partial charge in [0.1, 0.15) is 0 Å². The third kappa shape index (κ3) is 5.68. The summed E-state index contributed by atoms with van der Waals surface area (Å²) < 4.78 is 0. The van der Waals surface area contributed by atoms with Crippen LogP contribution < -0.4 is 5.32 Å². The number of benzene rings is 1. The van der Waals surface area contributed by atoms with Crippen LogP contribution in [-0.2, 0) is 12.0 Å². The van der Waals surface area contributed by atoms with Gasteiger partial charge in [-0.3, -0.25) is 9.78 Å². The van der Waals surface area contributed by atoms with Crippen molar-refractivity contribution in [3.63, 3.8) is 0 Å². The molecule has 1 aliphatic rings. The van der Waals surface area contributed by atoms with Crippen LogP contribution in [0.5, 0.6) is 0 Å². The van der Waals surface area contributed by atoms with E-state index in [0.29, 0.717) is 5.92 Å². The molecule has 1 atom stereocenters. The second-order valence-corrected chi connectivity index (χ2v) is 8.75. The minimum absolute atomic E-state index is 0.0225. The van der Waals surface area contributed by atoms with E-state index in [1.807, 2.05) is 50.2 Å². The summed E-state index contributed by atoms with van der Waals surface area (Å²) in [5, 5.41) is 3.28. The molecule has 29 heavy (non-hydrogen) atoms. The van der Waals surface area contributed by atoms with E-state index in [2.05, 4.69) is 44.1 Å². The Morgan fingerprint density at radius 3 is 2.38 bits per heavy atom. The Bertz CT molecular complexity index is 778. The van der Waals surface area contributed by atoms with Gasteiger partial charge < -0.3 is 5.32 Å². The fraction of sp³-hybridized carbons (Fsp3) is 0.538. The Hall–Kier alpha value is -2.16. The fourth-order valence-electron chi connectivity index (χ4n) is 3.92. The Balaban J connectivity index is 0.00000145. The highest BCUT2D eigenvalue weighted by Crippen LogP contribution is 2.44. The number of amides is 1. The zero-order chi connectivity index (χ0) is 21.5. The third-order valence-corrected chi connectivity index (χ3v) is 6.27. The molecule has 0 bridgehead atoms. The van der Waals surface area contributed by atoms with Crippen molar-refractivity contribution in [3.8, 4) is 0 Å². The molecule has 1 amide bonds. The summed E-state index contributed by atoms with van der Waals surface area (Å²) in [6, 6.07) is 14.0. The number of aromatic nitrogens is 1. The van der Waals surface area contributed by atoms with Gasteiger partial charge >= 0.3 is 0 Å². The molecule has 1 saturated carbocycles. The standard InChI is InChI=1S/C24H32N2O.C2H6/c1-5-13-23(3,4)18(2)17-19-10-6-7-11-20(19)22(27)26-24(14-15-24)21-12-8-9-16-25-21;1-2/h6-12,16,18H,5,13-15,17H2,1-4H3,(H,26,27);1-2H3. The van der Waals surface area contributed by atoms with Crippen molar-refractivity contribution in [1.29, 1.82) is 0 Å². The second kappa shape index (κ2) is 10.0. The number of nitrogens with zero attached hydrogens (tertiary/aromatic N) is 1. The summed E-state index contributed by atoms with van der Waals surface area (Å²) in [4.78, 5) is 17.6. The Labute approximate surface area is 177 Å². The van der Waals surface area contributed by atoms with Crippen LogP contribution in [0.4, 0.5) is 0 Å². The van der Waals surface area contributed by atoms with E-state index in [4.69, 9.17) is 0 Å². The highest BCUT2D eigenvalue weighted by atomic mass is 16.1. The van der Waals surface area contributed by atoms with Crippen LogP contribution >= 0.6 is 0 Å². The molecule has 1 aromatic carbocycles. The number of hydrogen-bond acceptors (Lipinski definition) is 2. The minimum Gasteiger partial charge on any atom is -0.341 e. The first-order chi connectivity index (χ1) is 13.9. The van der Waals surface area contributed by atoms with Gasteiger partial charge in [0.2, 0.25) is 0 Å². The van der Waals surface area contributed by atoms with Crippen molar-refractivity contribution >= 4 is 5.91 Å². The van der Waals surface area contributed by atoms with E-state index in [-0.39, 0.29) is 16.9 Å². The summed E-state index contributed by atoms with van der Waals surface area (Å²) in [5.41, 5.74) is 2.90. The minimum atomic E-state index is -0.279. The van der Waals surface area contributed by atoms with Crippen molar-refractivity contribution in [2.75, 3.05) is 0 Å². The second-order valence-electron chi connectivity index (χ2n) is 8.75. The molecule has 3 heteroatoms. The van der Waals surface area contributed by atoms with Gasteiger partial charge in [-0.15, -0.1) is 0 Å². The first kappa shape index (κ1) is 23.1. The van der Waals surface area contributed by atoms with Crippen LogP contribution in [0, 0.1) is 11.3 Å². The third-order valence-electron chi connectivity index (χ3n) is 6.27. The molecule has 1 N–H and O–H groups in total. The summed E-state index contributed by atoms with van der Waals surface area (Å²) >= 11 is 0. The molecule has 1 aromatic heterocycles. The lowest BCUT2D eigenvalue weighted by Gasteiger charge is -2.32. The lowest BCUT2D eigenvalue weighted by molar-refractivity contribution is 0.0928. The maximum Gasteiger partial charge on any atom is 0.252 e. The molecule has 1 fully saturated rings. The zero-order valence-corrected chi connectivity index (χ0v) is 19.1. The van der Waals surface area contributed by atoms with Crippen molar-refractivity contribution in [3.05, 3.63) is 65.5 Å². The van der Waals surface area contributed by atoms with Crippen LogP contribution in [0.25, 0.3) is 0 Å². The molecule has 3 nitrogen and oxygen atoms in total. The largest absolute Gasteiger partial charge is 0.341 e. The molecule has 1 heterocycles. The average Bonchev–Trinajstić information content (AvgIpc) is 3.51. The van der Waals surface area contributed by atoms with Crippen molar-refractivity contribution in [2.45, 2.75) is 79.2 Å². The lowest BCUT2D eigenvalue weighted by atomic mass is 9.73. The Morgan fingerprint density at radius 2 is 1.79 bits per heavy atom. The monoisotopic (exact) mass is 394 g/mol.